The van der Waals surface area contributed by atoms with Crippen LogP contribution in [0.15, 0.2) is 48.5 Å². The highest BCUT2D eigenvalue weighted by Gasteiger charge is 2.67. The third-order valence-electron chi connectivity index (χ3n) is 7.33. The molecule has 0 saturated heterocycles. The Hall–Kier alpha value is -3.08. The molecular weight excluding hydrogens is 655 g/mol. The number of alkyl halides is 5. The first-order valence-corrected chi connectivity index (χ1v) is 14.5. The Balaban J connectivity index is 1.51. The van der Waals surface area contributed by atoms with Gasteiger partial charge in [0.15, 0.2) is 5.78 Å². The number of ketones is 2. The summed E-state index contributed by atoms with van der Waals surface area (Å²) in [6.07, 6.45) is -4.49. The lowest BCUT2D eigenvalue weighted by atomic mass is 9.97. The molecule has 1 aliphatic carbocycles. The van der Waals surface area contributed by atoms with E-state index < -0.39 is 75.5 Å². The minimum absolute atomic E-state index is 0.0372. The normalized spacial score (nSPS) is 17.3. The quantitative estimate of drug-likeness (QED) is 0.125. The van der Waals surface area contributed by atoms with Crippen molar-refractivity contribution < 1.29 is 40.7 Å². The lowest BCUT2D eigenvalue weighted by Gasteiger charge is -2.12. The summed E-state index contributed by atoms with van der Waals surface area (Å²) >= 11 is 18.7. The molecule has 4 rings (SSSR count). The van der Waals surface area contributed by atoms with E-state index in [4.69, 9.17) is 34.8 Å². The number of carbonyl (C=O) groups excluding carboxylic acids is 3. The number of hydrogen-bond acceptors (Lipinski definition) is 3. The standard InChI is InChI=1S/C31H24Cl3F6NO3/c1-2-3-4-18(42)14-20-23(35)9-6-16(28(20)37)12-25(43)19-13-17(7-8-22(19)32)41-29(44)27-26(30(27,33)34)15-5-10-24(36)21(11-15)31(38,39)40/h5-11,13,26-27H,2-4,12,14H2,1H3,(H,41,44)/t26-,27+/m0/s1. The predicted octanol–water partition coefficient (Wildman–Crippen LogP) is 9.03. The Kier molecular flexibility index (Phi) is 10.1. The van der Waals surface area contributed by atoms with Crippen molar-refractivity contribution in [3.8, 4) is 0 Å². The summed E-state index contributed by atoms with van der Waals surface area (Å²) in [5.41, 5.74) is -2.28. The van der Waals surface area contributed by atoms with E-state index in [0.29, 0.717) is 18.6 Å². The zero-order chi connectivity index (χ0) is 32.6. The SMILES string of the molecule is CCCCC(=O)Cc1c(F)ccc(CC(=O)c2cc(NC(=O)[C@H]3[C@H](c4ccc(F)c(C(F)(F)F)c4)C3(Cl)Cl)ccc2Cl)c1F. The van der Waals surface area contributed by atoms with Gasteiger partial charge in [-0.2, -0.15) is 13.2 Å². The Morgan fingerprint density at radius 1 is 0.932 bits per heavy atom. The molecule has 1 saturated carbocycles. The molecule has 0 unspecified atom stereocenters. The van der Waals surface area contributed by atoms with E-state index in [2.05, 4.69) is 5.32 Å². The second-order valence-electron chi connectivity index (χ2n) is 10.5. The summed E-state index contributed by atoms with van der Waals surface area (Å²) < 4.78 is 81.0. The Morgan fingerprint density at radius 3 is 2.27 bits per heavy atom. The molecule has 0 bridgehead atoms. The van der Waals surface area contributed by atoms with Crippen molar-refractivity contribution in [3.63, 3.8) is 0 Å². The number of hydrogen-bond donors (Lipinski definition) is 1. The molecule has 1 amide bonds. The number of carbonyl (C=O) groups is 3. The fourth-order valence-electron chi connectivity index (χ4n) is 4.93. The molecule has 0 aromatic heterocycles. The van der Waals surface area contributed by atoms with Gasteiger partial charge in [0, 0.05) is 42.0 Å². The van der Waals surface area contributed by atoms with Gasteiger partial charge in [0.05, 0.1) is 16.5 Å². The monoisotopic (exact) mass is 677 g/mol. The largest absolute Gasteiger partial charge is 0.419 e. The molecule has 13 heteroatoms. The zero-order valence-electron chi connectivity index (χ0n) is 22.9. The van der Waals surface area contributed by atoms with Crippen LogP contribution in [0, 0.1) is 23.4 Å². The van der Waals surface area contributed by atoms with Crippen molar-refractivity contribution in [2.24, 2.45) is 5.92 Å². The highest BCUT2D eigenvalue weighted by atomic mass is 35.5. The van der Waals surface area contributed by atoms with Gasteiger partial charge in [-0.25, -0.2) is 13.2 Å². The van der Waals surface area contributed by atoms with E-state index >= 15 is 4.39 Å². The number of rotatable bonds is 11. The lowest BCUT2D eigenvalue weighted by Crippen LogP contribution is -2.17. The second kappa shape index (κ2) is 13.1. The van der Waals surface area contributed by atoms with Gasteiger partial charge in [-0.05, 0) is 53.9 Å². The van der Waals surface area contributed by atoms with Crippen LogP contribution >= 0.6 is 34.8 Å². The van der Waals surface area contributed by atoms with Gasteiger partial charge in [0.1, 0.15) is 27.6 Å². The van der Waals surface area contributed by atoms with Gasteiger partial charge in [0.2, 0.25) is 5.91 Å². The molecular formula is C31H24Cl3F6NO3. The number of unbranched alkanes of at least 4 members (excludes halogenated alkanes) is 1. The third-order valence-corrected chi connectivity index (χ3v) is 8.60. The number of Topliss-reactive ketones (excluding diaryl/α,β-unsaturated/α-hetero) is 2. The van der Waals surface area contributed by atoms with Gasteiger partial charge in [-0.15, -0.1) is 23.2 Å². The van der Waals surface area contributed by atoms with Crippen LogP contribution in [0.25, 0.3) is 0 Å². The molecule has 0 radical (unpaired) electrons. The molecule has 234 valence electrons. The fraction of sp³-hybridized carbons (Fsp3) is 0.323. The topological polar surface area (TPSA) is 63.2 Å². The van der Waals surface area contributed by atoms with E-state index in [0.717, 1.165) is 24.6 Å². The van der Waals surface area contributed by atoms with Crippen molar-refractivity contribution >= 4 is 58.0 Å². The van der Waals surface area contributed by atoms with Gasteiger partial charge < -0.3 is 5.32 Å². The minimum atomic E-state index is -4.98. The minimum Gasteiger partial charge on any atom is -0.326 e. The van der Waals surface area contributed by atoms with Crippen molar-refractivity contribution in [2.45, 2.75) is 55.5 Å². The maximum Gasteiger partial charge on any atom is 0.419 e. The van der Waals surface area contributed by atoms with Crippen LogP contribution in [-0.2, 0) is 28.6 Å². The number of amides is 1. The highest BCUT2D eigenvalue weighted by Crippen LogP contribution is 2.65. The van der Waals surface area contributed by atoms with Gasteiger partial charge in [0.25, 0.3) is 0 Å². The maximum absolute atomic E-state index is 15.2. The Bertz CT molecular complexity index is 1630. The summed E-state index contributed by atoms with van der Waals surface area (Å²) in [6.45, 7) is 1.88. The number of nitrogens with one attached hydrogen (secondary N) is 1. The molecule has 3 aromatic rings. The van der Waals surface area contributed by atoms with E-state index in [1.54, 1.807) is 0 Å². The molecule has 0 heterocycles. The summed E-state index contributed by atoms with van der Waals surface area (Å²) in [5.74, 6) is -7.54. The van der Waals surface area contributed by atoms with E-state index in [1.165, 1.54) is 18.2 Å². The molecule has 44 heavy (non-hydrogen) atoms. The van der Waals surface area contributed by atoms with Crippen molar-refractivity contribution in [1.29, 1.82) is 0 Å². The van der Waals surface area contributed by atoms with Crippen LogP contribution in [0.3, 0.4) is 0 Å². The lowest BCUT2D eigenvalue weighted by molar-refractivity contribution is -0.140. The van der Waals surface area contributed by atoms with Crippen LogP contribution in [0.5, 0.6) is 0 Å². The van der Waals surface area contributed by atoms with Crippen molar-refractivity contribution in [2.75, 3.05) is 5.32 Å². The first-order chi connectivity index (χ1) is 20.6. The summed E-state index contributed by atoms with van der Waals surface area (Å²) in [7, 11) is 0. The second-order valence-corrected chi connectivity index (χ2v) is 12.3. The van der Waals surface area contributed by atoms with E-state index in [9.17, 15) is 36.3 Å². The van der Waals surface area contributed by atoms with Gasteiger partial charge in [-0.3, -0.25) is 14.4 Å². The average molecular weight is 679 g/mol. The molecule has 1 N–H and O–H groups in total. The molecule has 3 aromatic carbocycles. The van der Waals surface area contributed by atoms with Crippen LogP contribution < -0.4 is 5.32 Å². The predicted molar refractivity (Wildman–Crippen MR) is 155 cm³/mol. The number of anilines is 1. The van der Waals surface area contributed by atoms with Crippen LogP contribution in [0.4, 0.5) is 32.0 Å². The van der Waals surface area contributed by atoms with E-state index in [-0.39, 0.29) is 39.6 Å². The van der Waals surface area contributed by atoms with Crippen molar-refractivity contribution in [1.82, 2.24) is 0 Å². The fourth-order valence-corrected chi connectivity index (χ4v) is 5.98. The first-order valence-electron chi connectivity index (χ1n) is 13.4. The molecule has 4 nitrogen and oxygen atoms in total. The molecule has 1 fully saturated rings. The maximum atomic E-state index is 15.2. The highest BCUT2D eigenvalue weighted by molar-refractivity contribution is 6.53. The molecule has 0 spiro atoms. The van der Waals surface area contributed by atoms with Gasteiger partial charge >= 0.3 is 6.18 Å². The average Bonchev–Trinajstić information content (AvgIpc) is 3.53. The first kappa shape index (κ1) is 33.8. The number of halogens is 9. The Labute approximate surface area is 263 Å². The third kappa shape index (κ3) is 7.24. The zero-order valence-corrected chi connectivity index (χ0v) is 25.2. The van der Waals surface area contributed by atoms with E-state index in [1.807, 2.05) is 6.92 Å². The smallest absolute Gasteiger partial charge is 0.326 e. The van der Waals surface area contributed by atoms with Gasteiger partial charge in [-0.1, -0.05) is 37.1 Å². The van der Waals surface area contributed by atoms with Crippen LogP contribution in [0.1, 0.15) is 64.7 Å². The summed E-state index contributed by atoms with van der Waals surface area (Å²) in [6, 6.07) is 8.13. The number of benzene rings is 3. The van der Waals surface area contributed by atoms with Crippen LogP contribution in [-0.4, -0.2) is 21.8 Å². The summed E-state index contributed by atoms with van der Waals surface area (Å²) in [4.78, 5) is 38.3. The van der Waals surface area contributed by atoms with Crippen LogP contribution in [0.2, 0.25) is 5.02 Å². The molecule has 2 atom stereocenters. The summed E-state index contributed by atoms with van der Waals surface area (Å²) in [5, 5.41) is 2.45. The van der Waals surface area contributed by atoms with Crippen molar-refractivity contribution in [3.05, 3.63) is 98.8 Å². The molecule has 0 aliphatic heterocycles. The molecule has 1 aliphatic rings. The Morgan fingerprint density at radius 2 is 1.61 bits per heavy atom.